The Bertz CT molecular complexity index is 588. The van der Waals surface area contributed by atoms with E-state index in [1.165, 1.54) is 5.56 Å². The Kier molecular flexibility index (Phi) is 4.93. The molecule has 1 aliphatic rings. The van der Waals surface area contributed by atoms with Gasteiger partial charge in [-0.1, -0.05) is 28.1 Å². The van der Waals surface area contributed by atoms with Gasteiger partial charge in [-0.05, 0) is 24.1 Å². The highest BCUT2D eigenvalue weighted by molar-refractivity contribution is 9.10. The number of benzene rings is 1. The molecule has 22 heavy (non-hydrogen) atoms. The van der Waals surface area contributed by atoms with Crippen LogP contribution in [0.25, 0.3) is 0 Å². The van der Waals surface area contributed by atoms with E-state index in [1.807, 2.05) is 22.9 Å². The standard InChI is InChI=1S/C16H19BrN2O3/c17-14-3-1-13(2-4-14)5-6-16(11-19-8-7-18-12-19)21-10-15(9-20)22-16/h1-4,7-8,12,15,20H,5-6,9-11H2. The first kappa shape index (κ1) is 15.7. The predicted molar refractivity (Wildman–Crippen MR) is 85.3 cm³/mol. The van der Waals surface area contributed by atoms with Gasteiger partial charge in [0.1, 0.15) is 6.10 Å². The average molecular weight is 367 g/mol. The van der Waals surface area contributed by atoms with Crippen molar-refractivity contribution < 1.29 is 14.6 Å². The number of hydrogen-bond donors (Lipinski definition) is 1. The Balaban J connectivity index is 1.70. The van der Waals surface area contributed by atoms with E-state index >= 15 is 0 Å². The number of rotatable bonds is 6. The van der Waals surface area contributed by atoms with Crippen LogP contribution in [0, 0.1) is 0 Å². The normalized spacial score (nSPS) is 24.7. The van der Waals surface area contributed by atoms with E-state index in [9.17, 15) is 5.11 Å². The molecule has 2 atom stereocenters. The Morgan fingerprint density at radius 3 is 2.82 bits per heavy atom. The molecule has 1 aromatic carbocycles. The molecule has 0 saturated carbocycles. The van der Waals surface area contributed by atoms with Crippen molar-refractivity contribution in [1.29, 1.82) is 0 Å². The van der Waals surface area contributed by atoms with Gasteiger partial charge in [-0.25, -0.2) is 4.98 Å². The van der Waals surface area contributed by atoms with Crippen LogP contribution in [0.5, 0.6) is 0 Å². The molecule has 3 rings (SSSR count). The third-order valence-corrected chi connectivity index (χ3v) is 4.34. The molecule has 2 heterocycles. The van der Waals surface area contributed by atoms with Crippen molar-refractivity contribution in [3.05, 3.63) is 53.0 Å². The number of aromatic nitrogens is 2. The van der Waals surface area contributed by atoms with Crippen molar-refractivity contribution in [2.75, 3.05) is 13.2 Å². The van der Waals surface area contributed by atoms with Crippen LogP contribution >= 0.6 is 15.9 Å². The summed E-state index contributed by atoms with van der Waals surface area (Å²) in [4.78, 5) is 4.06. The number of hydrogen-bond acceptors (Lipinski definition) is 4. The monoisotopic (exact) mass is 366 g/mol. The number of aliphatic hydroxyl groups is 1. The maximum Gasteiger partial charge on any atom is 0.187 e. The zero-order valence-electron chi connectivity index (χ0n) is 12.2. The quantitative estimate of drug-likeness (QED) is 0.852. The van der Waals surface area contributed by atoms with Gasteiger partial charge < -0.3 is 19.1 Å². The molecule has 0 bridgehead atoms. The maximum atomic E-state index is 9.31. The van der Waals surface area contributed by atoms with Crippen LogP contribution in [0.3, 0.4) is 0 Å². The van der Waals surface area contributed by atoms with Gasteiger partial charge in [-0.15, -0.1) is 0 Å². The smallest absolute Gasteiger partial charge is 0.187 e. The summed E-state index contributed by atoms with van der Waals surface area (Å²) in [5, 5.41) is 9.31. The second-order valence-corrected chi connectivity index (χ2v) is 6.42. The predicted octanol–water partition coefficient (Wildman–Crippen LogP) is 2.38. The number of nitrogens with zero attached hydrogens (tertiary/aromatic N) is 2. The first-order valence-corrected chi connectivity index (χ1v) is 8.11. The van der Waals surface area contributed by atoms with Crippen molar-refractivity contribution in [3.8, 4) is 0 Å². The minimum absolute atomic E-state index is 0.0238. The van der Waals surface area contributed by atoms with Crippen molar-refractivity contribution in [2.45, 2.75) is 31.3 Å². The summed E-state index contributed by atoms with van der Waals surface area (Å²) in [7, 11) is 0. The van der Waals surface area contributed by atoms with Crippen molar-refractivity contribution in [3.63, 3.8) is 0 Å². The lowest BCUT2D eigenvalue weighted by atomic mass is 10.0. The Labute approximate surface area is 138 Å². The molecule has 6 heteroatoms. The first-order chi connectivity index (χ1) is 10.7. The fraction of sp³-hybridized carbons (Fsp3) is 0.438. The van der Waals surface area contributed by atoms with Crippen LogP contribution in [0.1, 0.15) is 12.0 Å². The number of aryl methyl sites for hydroxylation is 1. The summed E-state index contributed by atoms with van der Waals surface area (Å²) in [5.74, 6) is -0.707. The lowest BCUT2D eigenvalue weighted by Gasteiger charge is -2.28. The van der Waals surface area contributed by atoms with Crippen molar-refractivity contribution in [2.24, 2.45) is 0 Å². The summed E-state index contributed by atoms with van der Waals surface area (Å²) in [6.07, 6.45) is 6.69. The van der Waals surface area contributed by atoms with Crippen molar-refractivity contribution >= 4 is 15.9 Å². The molecule has 1 aromatic heterocycles. The molecule has 0 radical (unpaired) electrons. The van der Waals surface area contributed by atoms with E-state index in [0.29, 0.717) is 13.2 Å². The van der Waals surface area contributed by atoms with Gasteiger partial charge in [-0.2, -0.15) is 0 Å². The van der Waals surface area contributed by atoms with Crippen LogP contribution in [-0.2, 0) is 22.4 Å². The fourth-order valence-electron chi connectivity index (χ4n) is 2.64. The van der Waals surface area contributed by atoms with E-state index in [-0.39, 0.29) is 12.7 Å². The van der Waals surface area contributed by atoms with Crippen LogP contribution in [0.15, 0.2) is 47.5 Å². The van der Waals surface area contributed by atoms with E-state index in [0.717, 1.165) is 17.3 Å². The lowest BCUT2D eigenvalue weighted by Crippen LogP contribution is -2.37. The highest BCUT2D eigenvalue weighted by Crippen LogP contribution is 2.30. The van der Waals surface area contributed by atoms with Crippen LogP contribution in [0.4, 0.5) is 0 Å². The minimum atomic E-state index is -0.707. The zero-order chi connectivity index (χ0) is 15.4. The highest BCUT2D eigenvalue weighted by Gasteiger charge is 2.41. The van der Waals surface area contributed by atoms with Crippen molar-refractivity contribution in [1.82, 2.24) is 9.55 Å². The number of imidazole rings is 1. The number of halogens is 1. The van der Waals surface area contributed by atoms with E-state index in [1.54, 1.807) is 12.5 Å². The van der Waals surface area contributed by atoms with Gasteiger partial charge in [0.2, 0.25) is 0 Å². The molecular formula is C16H19BrN2O3. The Morgan fingerprint density at radius 1 is 1.36 bits per heavy atom. The second-order valence-electron chi connectivity index (χ2n) is 5.51. The van der Waals surface area contributed by atoms with E-state index < -0.39 is 5.79 Å². The van der Waals surface area contributed by atoms with Gasteiger partial charge in [0.15, 0.2) is 5.79 Å². The third kappa shape index (κ3) is 3.76. The molecule has 1 saturated heterocycles. The molecular weight excluding hydrogens is 348 g/mol. The summed E-state index contributed by atoms with van der Waals surface area (Å²) in [6, 6.07) is 8.25. The maximum absolute atomic E-state index is 9.31. The van der Waals surface area contributed by atoms with E-state index in [2.05, 4.69) is 33.0 Å². The Morgan fingerprint density at radius 2 is 2.18 bits per heavy atom. The summed E-state index contributed by atoms with van der Waals surface area (Å²) < 4.78 is 14.9. The minimum Gasteiger partial charge on any atom is -0.394 e. The SMILES string of the molecule is OCC1COC(CCc2ccc(Br)cc2)(Cn2ccnc2)O1. The van der Waals surface area contributed by atoms with Gasteiger partial charge in [0, 0.05) is 23.3 Å². The fourth-order valence-corrected chi connectivity index (χ4v) is 2.91. The molecule has 2 aromatic rings. The van der Waals surface area contributed by atoms with Gasteiger partial charge in [-0.3, -0.25) is 0 Å². The zero-order valence-corrected chi connectivity index (χ0v) is 13.8. The molecule has 0 amide bonds. The highest BCUT2D eigenvalue weighted by atomic mass is 79.9. The first-order valence-electron chi connectivity index (χ1n) is 7.32. The number of aliphatic hydroxyl groups excluding tert-OH is 1. The number of ether oxygens (including phenoxy) is 2. The topological polar surface area (TPSA) is 56.5 Å². The third-order valence-electron chi connectivity index (χ3n) is 3.81. The Hall–Kier alpha value is -1.21. The van der Waals surface area contributed by atoms with Crippen LogP contribution in [0.2, 0.25) is 0 Å². The summed E-state index contributed by atoms with van der Waals surface area (Å²) in [5.41, 5.74) is 1.23. The lowest BCUT2D eigenvalue weighted by molar-refractivity contribution is -0.185. The second kappa shape index (κ2) is 6.91. The molecule has 1 fully saturated rings. The van der Waals surface area contributed by atoms with Crippen LogP contribution in [-0.4, -0.2) is 39.8 Å². The molecule has 5 nitrogen and oxygen atoms in total. The largest absolute Gasteiger partial charge is 0.394 e. The molecule has 1 N–H and O–H groups in total. The molecule has 0 spiro atoms. The van der Waals surface area contributed by atoms with Gasteiger partial charge >= 0.3 is 0 Å². The molecule has 2 unspecified atom stereocenters. The van der Waals surface area contributed by atoms with Gasteiger partial charge in [0.25, 0.3) is 0 Å². The van der Waals surface area contributed by atoms with Gasteiger partial charge in [0.05, 0.1) is 26.1 Å². The summed E-state index contributed by atoms with van der Waals surface area (Å²) in [6.45, 7) is 0.968. The van der Waals surface area contributed by atoms with Crippen LogP contribution < -0.4 is 0 Å². The molecule has 1 aliphatic heterocycles. The molecule has 118 valence electrons. The average Bonchev–Trinajstić information content (AvgIpc) is 3.17. The molecule has 0 aliphatic carbocycles. The van der Waals surface area contributed by atoms with E-state index in [4.69, 9.17) is 9.47 Å². The summed E-state index contributed by atoms with van der Waals surface area (Å²) >= 11 is 3.44.